The number of carbonyl (C=O) groups is 1. The highest BCUT2D eigenvalue weighted by Crippen LogP contribution is 2.11. The number of H-pyrrole nitrogens is 1. The molecule has 0 atom stereocenters. The summed E-state index contributed by atoms with van der Waals surface area (Å²) in [6, 6.07) is 8.97. The number of nitrogens with zero attached hydrogens (tertiary/aromatic N) is 2. The van der Waals surface area contributed by atoms with Crippen molar-refractivity contribution in [3.05, 3.63) is 64.0 Å². The zero-order chi connectivity index (χ0) is 14.5. The molecule has 0 aliphatic carbocycles. The van der Waals surface area contributed by atoms with Crippen molar-refractivity contribution in [2.45, 2.75) is 6.92 Å². The number of nitro groups is 1. The van der Waals surface area contributed by atoms with E-state index in [1.807, 2.05) is 12.1 Å². The lowest BCUT2D eigenvalue weighted by Gasteiger charge is -2.01. The second-order valence-electron chi connectivity index (χ2n) is 4.03. The van der Waals surface area contributed by atoms with Crippen molar-refractivity contribution in [3.8, 4) is 0 Å². The van der Waals surface area contributed by atoms with Crippen molar-refractivity contribution >= 4 is 17.3 Å². The summed E-state index contributed by atoms with van der Waals surface area (Å²) in [5.41, 5.74) is 4.07. The first-order chi connectivity index (χ1) is 9.58. The van der Waals surface area contributed by atoms with E-state index in [0.29, 0.717) is 11.3 Å². The molecule has 2 rings (SSSR count). The number of amides is 1. The average Bonchev–Trinajstić information content (AvgIpc) is 2.98. The zero-order valence-corrected chi connectivity index (χ0v) is 10.7. The van der Waals surface area contributed by atoms with E-state index in [1.165, 1.54) is 24.3 Å². The molecule has 0 aliphatic heterocycles. The quantitative estimate of drug-likeness (QED) is 0.506. The Balaban J connectivity index is 2.05. The molecule has 0 fully saturated rings. The Morgan fingerprint density at radius 3 is 2.55 bits per heavy atom. The molecule has 7 heteroatoms. The summed E-state index contributed by atoms with van der Waals surface area (Å²) in [5.74, 6) is -0.425. The molecule has 2 N–H and O–H groups in total. The molecule has 1 heterocycles. The molecule has 102 valence electrons. The van der Waals surface area contributed by atoms with Crippen molar-refractivity contribution in [2.75, 3.05) is 0 Å². The monoisotopic (exact) mass is 272 g/mol. The lowest BCUT2D eigenvalue weighted by atomic mass is 10.2. The number of carbonyl (C=O) groups excluding carboxylic acids is 1. The van der Waals surface area contributed by atoms with Gasteiger partial charge in [0.1, 0.15) is 0 Å². The van der Waals surface area contributed by atoms with Gasteiger partial charge in [0.05, 0.1) is 16.3 Å². The maximum Gasteiger partial charge on any atom is 0.271 e. The minimum absolute atomic E-state index is 0.0624. The highest BCUT2D eigenvalue weighted by Gasteiger charge is 2.09. The van der Waals surface area contributed by atoms with Gasteiger partial charge in [0.25, 0.3) is 11.6 Å². The van der Waals surface area contributed by atoms with Crippen molar-refractivity contribution in [1.82, 2.24) is 10.4 Å². The van der Waals surface area contributed by atoms with E-state index >= 15 is 0 Å². The van der Waals surface area contributed by atoms with Crippen LogP contribution < -0.4 is 5.43 Å². The van der Waals surface area contributed by atoms with Crippen LogP contribution >= 0.6 is 0 Å². The second-order valence-corrected chi connectivity index (χ2v) is 4.03. The molecule has 0 aliphatic rings. The Morgan fingerprint density at radius 2 is 2.00 bits per heavy atom. The largest absolute Gasteiger partial charge is 0.360 e. The first-order valence-corrected chi connectivity index (χ1v) is 5.81. The molecule has 0 spiro atoms. The molecule has 0 bridgehead atoms. The van der Waals surface area contributed by atoms with Crippen molar-refractivity contribution in [2.24, 2.45) is 5.10 Å². The van der Waals surface area contributed by atoms with Crippen LogP contribution in [0, 0.1) is 10.1 Å². The molecule has 1 amide bonds. The molecule has 0 radical (unpaired) electrons. The third-order valence-electron chi connectivity index (χ3n) is 2.65. The molecule has 7 nitrogen and oxygen atoms in total. The van der Waals surface area contributed by atoms with Crippen LogP contribution in [0.15, 0.2) is 47.7 Å². The van der Waals surface area contributed by atoms with Gasteiger partial charge in [-0.15, -0.1) is 0 Å². The van der Waals surface area contributed by atoms with E-state index in [-0.39, 0.29) is 5.69 Å². The molecular formula is C13H12N4O3. The number of rotatable bonds is 4. The highest BCUT2D eigenvalue weighted by atomic mass is 16.6. The van der Waals surface area contributed by atoms with Crippen LogP contribution in [0.1, 0.15) is 23.0 Å². The van der Waals surface area contributed by atoms with E-state index in [1.54, 1.807) is 13.1 Å². The van der Waals surface area contributed by atoms with E-state index in [2.05, 4.69) is 15.5 Å². The zero-order valence-electron chi connectivity index (χ0n) is 10.7. The Morgan fingerprint density at radius 1 is 1.30 bits per heavy atom. The Labute approximate surface area is 114 Å². The normalized spacial score (nSPS) is 11.2. The smallest absolute Gasteiger partial charge is 0.271 e. The first kappa shape index (κ1) is 13.5. The number of hydrazone groups is 1. The van der Waals surface area contributed by atoms with Crippen LogP contribution in [0.2, 0.25) is 0 Å². The minimum Gasteiger partial charge on any atom is -0.360 e. The molecule has 2 aromatic rings. The maximum absolute atomic E-state index is 11.8. The first-order valence-electron chi connectivity index (χ1n) is 5.81. The Bertz CT molecular complexity index is 645. The molecule has 20 heavy (non-hydrogen) atoms. The van der Waals surface area contributed by atoms with Crippen molar-refractivity contribution in [1.29, 1.82) is 0 Å². The van der Waals surface area contributed by atoms with Crippen LogP contribution in [0.3, 0.4) is 0 Å². The van der Waals surface area contributed by atoms with E-state index in [9.17, 15) is 14.9 Å². The van der Waals surface area contributed by atoms with Gasteiger partial charge in [0.2, 0.25) is 0 Å². The molecule has 1 aromatic carbocycles. The van der Waals surface area contributed by atoms with Gasteiger partial charge in [-0.1, -0.05) is 0 Å². The molecule has 0 saturated heterocycles. The molecule has 1 aromatic heterocycles. The topological polar surface area (TPSA) is 100 Å². The Kier molecular flexibility index (Phi) is 3.90. The number of nitrogens with one attached hydrogen (secondary N) is 2. The van der Waals surface area contributed by atoms with Gasteiger partial charge in [-0.2, -0.15) is 5.10 Å². The van der Waals surface area contributed by atoms with Gasteiger partial charge in [-0.25, -0.2) is 5.43 Å². The fourth-order valence-electron chi connectivity index (χ4n) is 1.55. The molecule has 0 unspecified atom stereocenters. The SMILES string of the molecule is C/C(=N\NC(=O)c1ccc([N+](=O)[O-])cc1)c1ccc[nH]1. The van der Waals surface area contributed by atoms with E-state index < -0.39 is 10.8 Å². The van der Waals surface area contributed by atoms with Gasteiger partial charge in [0.15, 0.2) is 0 Å². The number of hydrogen-bond acceptors (Lipinski definition) is 4. The number of non-ortho nitro benzene ring substituents is 1. The fourth-order valence-corrected chi connectivity index (χ4v) is 1.55. The van der Waals surface area contributed by atoms with Gasteiger partial charge >= 0.3 is 0 Å². The van der Waals surface area contributed by atoms with Crippen LogP contribution in [0.5, 0.6) is 0 Å². The summed E-state index contributed by atoms with van der Waals surface area (Å²) in [7, 11) is 0. The van der Waals surface area contributed by atoms with Crippen LogP contribution in [-0.2, 0) is 0 Å². The number of benzene rings is 1. The van der Waals surface area contributed by atoms with Gasteiger partial charge in [-0.3, -0.25) is 14.9 Å². The van der Waals surface area contributed by atoms with Gasteiger partial charge in [0, 0.05) is 23.9 Å². The fraction of sp³-hybridized carbons (Fsp3) is 0.0769. The number of aromatic nitrogens is 1. The van der Waals surface area contributed by atoms with E-state index in [0.717, 1.165) is 5.69 Å². The lowest BCUT2D eigenvalue weighted by Crippen LogP contribution is -2.19. The summed E-state index contributed by atoms with van der Waals surface area (Å²) >= 11 is 0. The maximum atomic E-state index is 11.8. The summed E-state index contributed by atoms with van der Waals surface area (Å²) in [6.07, 6.45) is 1.76. The van der Waals surface area contributed by atoms with E-state index in [4.69, 9.17) is 0 Å². The second kappa shape index (κ2) is 5.79. The predicted octanol–water partition coefficient (Wildman–Crippen LogP) is 2.08. The standard InChI is InChI=1S/C13H12N4O3/c1-9(12-3-2-8-14-12)15-16-13(18)10-4-6-11(7-5-10)17(19)20/h2-8,14H,1H3,(H,16,18)/b15-9+. The summed E-state index contributed by atoms with van der Waals surface area (Å²) in [5, 5.41) is 14.5. The molecular weight excluding hydrogens is 260 g/mol. The average molecular weight is 272 g/mol. The van der Waals surface area contributed by atoms with Crippen LogP contribution in [0.25, 0.3) is 0 Å². The van der Waals surface area contributed by atoms with Gasteiger partial charge in [-0.05, 0) is 31.2 Å². The number of hydrogen-bond donors (Lipinski definition) is 2. The number of nitro benzene ring substituents is 1. The van der Waals surface area contributed by atoms with Crippen molar-refractivity contribution < 1.29 is 9.72 Å². The van der Waals surface area contributed by atoms with Crippen molar-refractivity contribution in [3.63, 3.8) is 0 Å². The minimum atomic E-state index is -0.519. The third kappa shape index (κ3) is 3.08. The number of aromatic amines is 1. The summed E-state index contributed by atoms with van der Waals surface area (Å²) in [4.78, 5) is 24.8. The predicted molar refractivity (Wildman–Crippen MR) is 73.6 cm³/mol. The Hall–Kier alpha value is -2.96. The molecule has 0 saturated carbocycles. The van der Waals surface area contributed by atoms with Crippen LogP contribution in [-0.4, -0.2) is 21.5 Å². The summed E-state index contributed by atoms with van der Waals surface area (Å²) in [6.45, 7) is 1.75. The summed E-state index contributed by atoms with van der Waals surface area (Å²) < 4.78 is 0. The highest BCUT2D eigenvalue weighted by molar-refractivity contribution is 5.99. The van der Waals surface area contributed by atoms with Crippen LogP contribution in [0.4, 0.5) is 5.69 Å². The van der Waals surface area contributed by atoms with Gasteiger partial charge < -0.3 is 4.98 Å². The lowest BCUT2D eigenvalue weighted by molar-refractivity contribution is -0.384. The third-order valence-corrected chi connectivity index (χ3v) is 2.65.